The molecule has 17 heavy (non-hydrogen) atoms. The van der Waals surface area contributed by atoms with Crippen LogP contribution in [0.1, 0.15) is 0 Å². The summed E-state index contributed by atoms with van der Waals surface area (Å²) in [4.78, 5) is 13.6. The fraction of sp³-hybridized carbons (Fsp3) is 0. The number of rotatable bonds is 1. The second-order valence-corrected chi connectivity index (χ2v) is 3.85. The van der Waals surface area contributed by atoms with Crippen LogP contribution < -0.4 is 15.6 Å². The molecule has 3 rings (SSSR count). The first-order valence-corrected chi connectivity index (χ1v) is 5.44. The number of anilines is 2. The minimum Gasteiger partial charge on any atom is -0.339 e. The van der Waals surface area contributed by atoms with Crippen LogP contribution in [0, 0.1) is 0 Å². The van der Waals surface area contributed by atoms with Gasteiger partial charge in [-0.1, -0.05) is 36.4 Å². The summed E-state index contributed by atoms with van der Waals surface area (Å²) in [6.07, 6.45) is 0. The van der Waals surface area contributed by atoms with Crippen molar-refractivity contribution >= 4 is 30.3 Å². The minimum atomic E-state index is -0.130. The van der Waals surface area contributed by atoms with Gasteiger partial charge in [0.25, 0.3) is 7.41 Å². The van der Waals surface area contributed by atoms with Gasteiger partial charge in [-0.05, 0) is 23.7 Å². The van der Waals surface area contributed by atoms with Gasteiger partial charge >= 0.3 is 6.03 Å². The summed E-state index contributed by atoms with van der Waals surface area (Å²) < 4.78 is 0. The van der Waals surface area contributed by atoms with Gasteiger partial charge in [0.2, 0.25) is 0 Å². The number of fused-ring (bicyclic) bond motifs is 1. The van der Waals surface area contributed by atoms with Crippen molar-refractivity contribution in [3.05, 3.63) is 54.6 Å². The monoisotopic (exact) mass is 221 g/mol. The first-order valence-electron chi connectivity index (χ1n) is 5.44. The molecular weight excluding hydrogens is 211 g/mol. The number of hydrogen-bond donors (Lipinski definition) is 1. The molecule has 0 spiro atoms. The zero-order chi connectivity index (χ0) is 11.7. The van der Waals surface area contributed by atoms with E-state index < -0.39 is 0 Å². The Morgan fingerprint density at radius 2 is 1.65 bits per heavy atom. The smallest absolute Gasteiger partial charge is 0.313 e. The number of nitrogens with one attached hydrogen (secondary N) is 1. The van der Waals surface area contributed by atoms with E-state index in [-0.39, 0.29) is 6.03 Å². The van der Waals surface area contributed by atoms with E-state index in [1.807, 2.05) is 62.0 Å². The Labute approximate surface area is 100 Å². The second kappa shape index (κ2) is 3.98. The van der Waals surface area contributed by atoms with Gasteiger partial charge < -0.3 is 10.1 Å². The molecule has 0 saturated carbocycles. The Morgan fingerprint density at radius 3 is 2.47 bits per heavy atom. The summed E-state index contributed by atoms with van der Waals surface area (Å²) in [5.74, 6) is 0. The van der Waals surface area contributed by atoms with Crippen LogP contribution in [0.4, 0.5) is 16.2 Å². The van der Waals surface area contributed by atoms with E-state index in [1.54, 1.807) is 4.81 Å². The summed E-state index contributed by atoms with van der Waals surface area (Å²) in [6, 6.07) is 17.2. The summed E-state index contributed by atoms with van der Waals surface area (Å²) in [5, 5.41) is 2.86. The van der Waals surface area contributed by atoms with Crippen LogP contribution >= 0.6 is 0 Å². The van der Waals surface area contributed by atoms with E-state index in [1.165, 1.54) is 0 Å². The highest BCUT2D eigenvalue weighted by Gasteiger charge is 2.24. The van der Waals surface area contributed by atoms with Crippen LogP contribution in [-0.4, -0.2) is 13.4 Å². The number of para-hydroxylation sites is 2. The van der Waals surface area contributed by atoms with Crippen molar-refractivity contribution in [1.29, 1.82) is 0 Å². The van der Waals surface area contributed by atoms with E-state index in [9.17, 15) is 4.79 Å². The van der Waals surface area contributed by atoms with Gasteiger partial charge in [0.1, 0.15) is 0 Å². The van der Waals surface area contributed by atoms with Gasteiger partial charge in [0.05, 0.1) is 0 Å². The lowest BCUT2D eigenvalue weighted by atomic mass is 9.77. The molecule has 1 heterocycles. The quantitative estimate of drug-likeness (QED) is 0.733. The number of carbonyl (C=O) groups excluding carboxylic acids is 1. The molecule has 0 atom stereocenters. The van der Waals surface area contributed by atoms with E-state index in [4.69, 9.17) is 0 Å². The van der Waals surface area contributed by atoms with Gasteiger partial charge in [-0.3, -0.25) is 0 Å². The molecular formula is C13H10BN2O. The lowest BCUT2D eigenvalue weighted by Crippen LogP contribution is -2.49. The molecule has 0 bridgehead atoms. The van der Waals surface area contributed by atoms with Gasteiger partial charge in [-0.25, -0.2) is 4.79 Å². The van der Waals surface area contributed by atoms with Crippen molar-refractivity contribution in [3.63, 3.8) is 0 Å². The Balaban J connectivity index is 1.98. The molecule has 3 nitrogen and oxygen atoms in total. The van der Waals surface area contributed by atoms with Crippen LogP contribution in [0.5, 0.6) is 0 Å². The molecule has 2 aromatic carbocycles. The van der Waals surface area contributed by atoms with E-state index in [0.717, 1.165) is 16.8 Å². The van der Waals surface area contributed by atoms with Crippen LogP contribution in [0.2, 0.25) is 0 Å². The molecule has 0 aromatic heterocycles. The van der Waals surface area contributed by atoms with E-state index in [2.05, 4.69) is 5.32 Å². The van der Waals surface area contributed by atoms with Crippen molar-refractivity contribution in [2.45, 2.75) is 0 Å². The lowest BCUT2D eigenvalue weighted by Gasteiger charge is -2.28. The molecule has 2 aromatic rings. The van der Waals surface area contributed by atoms with E-state index >= 15 is 0 Å². The van der Waals surface area contributed by atoms with Gasteiger partial charge in [0, 0.05) is 11.4 Å². The number of carbonyl (C=O) groups is 1. The maximum atomic E-state index is 11.9. The highest BCUT2D eigenvalue weighted by molar-refractivity contribution is 6.66. The van der Waals surface area contributed by atoms with Crippen LogP contribution in [0.3, 0.4) is 0 Å². The molecule has 0 saturated heterocycles. The third kappa shape index (κ3) is 1.78. The second-order valence-electron chi connectivity index (χ2n) is 3.85. The summed E-state index contributed by atoms with van der Waals surface area (Å²) >= 11 is 0. The Bertz CT molecular complexity index is 556. The molecule has 1 N–H and O–H groups in total. The zero-order valence-corrected chi connectivity index (χ0v) is 9.13. The predicted octanol–water partition coefficient (Wildman–Crippen LogP) is 1.98. The zero-order valence-electron chi connectivity index (χ0n) is 9.13. The maximum Gasteiger partial charge on any atom is 0.313 e. The standard InChI is InChI=1S/C13H10BN2O/c17-13-15-12-9-5-4-8-11(12)14-16(13)10-6-2-1-3-7-10/h1-9H,(H,15,17). The normalized spacial score (nSPS) is 13.6. The van der Waals surface area contributed by atoms with Crippen molar-refractivity contribution in [2.75, 3.05) is 10.1 Å². The average Bonchev–Trinajstić information content (AvgIpc) is 2.39. The molecule has 1 aliphatic heterocycles. The molecule has 0 unspecified atom stereocenters. The first kappa shape index (κ1) is 9.96. The van der Waals surface area contributed by atoms with E-state index in [0.29, 0.717) is 0 Å². The lowest BCUT2D eigenvalue weighted by molar-refractivity contribution is 0.259. The fourth-order valence-electron chi connectivity index (χ4n) is 1.88. The molecule has 0 fully saturated rings. The Hall–Kier alpha value is -2.23. The number of nitrogens with zero attached hydrogens (tertiary/aromatic N) is 1. The van der Waals surface area contributed by atoms with Gasteiger partial charge in [-0.2, -0.15) is 0 Å². The number of urea groups is 1. The molecule has 81 valence electrons. The average molecular weight is 221 g/mol. The van der Waals surface area contributed by atoms with Crippen molar-refractivity contribution < 1.29 is 4.79 Å². The number of benzene rings is 2. The van der Waals surface area contributed by atoms with Crippen molar-refractivity contribution in [2.24, 2.45) is 0 Å². The largest absolute Gasteiger partial charge is 0.339 e. The summed E-state index contributed by atoms with van der Waals surface area (Å²) in [5.41, 5.74) is 2.72. The van der Waals surface area contributed by atoms with Crippen molar-refractivity contribution in [3.8, 4) is 0 Å². The fourth-order valence-corrected chi connectivity index (χ4v) is 1.88. The maximum absolute atomic E-state index is 11.9. The molecule has 4 heteroatoms. The van der Waals surface area contributed by atoms with Crippen LogP contribution in [-0.2, 0) is 0 Å². The number of hydrogen-bond acceptors (Lipinski definition) is 1. The highest BCUT2D eigenvalue weighted by Crippen LogP contribution is 2.17. The molecule has 0 aliphatic carbocycles. The van der Waals surface area contributed by atoms with Crippen molar-refractivity contribution in [1.82, 2.24) is 0 Å². The Morgan fingerprint density at radius 1 is 0.941 bits per heavy atom. The van der Waals surface area contributed by atoms with Gasteiger partial charge in [0.15, 0.2) is 0 Å². The SMILES string of the molecule is O=C1Nc2ccccc2[B]N1c1ccccc1. The summed E-state index contributed by atoms with van der Waals surface area (Å²) in [7, 11) is 1.85. The highest BCUT2D eigenvalue weighted by atomic mass is 16.2. The molecule has 1 radical (unpaired) electrons. The number of amides is 2. The summed E-state index contributed by atoms with van der Waals surface area (Å²) in [6.45, 7) is 0. The third-order valence-electron chi connectivity index (χ3n) is 2.72. The topological polar surface area (TPSA) is 32.3 Å². The molecule has 2 amide bonds. The Kier molecular flexibility index (Phi) is 2.33. The third-order valence-corrected chi connectivity index (χ3v) is 2.72. The predicted molar refractivity (Wildman–Crippen MR) is 69.8 cm³/mol. The van der Waals surface area contributed by atoms with Gasteiger partial charge in [-0.15, -0.1) is 0 Å². The minimum absolute atomic E-state index is 0.130. The molecule has 1 aliphatic rings. The van der Waals surface area contributed by atoms with Crippen LogP contribution in [0.25, 0.3) is 0 Å². The first-order chi connectivity index (χ1) is 8.34. The van der Waals surface area contributed by atoms with Crippen LogP contribution in [0.15, 0.2) is 54.6 Å².